The van der Waals surface area contributed by atoms with E-state index in [1.807, 2.05) is 11.6 Å². The Balaban J connectivity index is 1.86. The van der Waals surface area contributed by atoms with Gasteiger partial charge in [-0.1, -0.05) is 6.92 Å². The highest BCUT2D eigenvalue weighted by atomic mass is 32.2. The van der Waals surface area contributed by atoms with Gasteiger partial charge in [0.05, 0.1) is 30.3 Å². The van der Waals surface area contributed by atoms with Crippen LogP contribution in [0.1, 0.15) is 36.5 Å². The fourth-order valence-electron chi connectivity index (χ4n) is 3.22. The molecule has 1 saturated heterocycles. The Morgan fingerprint density at radius 1 is 1.40 bits per heavy atom. The largest absolute Gasteiger partial charge is 0.383 e. The van der Waals surface area contributed by atoms with Gasteiger partial charge in [-0.05, 0) is 19.4 Å². The van der Waals surface area contributed by atoms with Crippen molar-refractivity contribution in [1.29, 1.82) is 0 Å². The Hall–Kier alpha value is -1.29. The van der Waals surface area contributed by atoms with Gasteiger partial charge in [-0.3, -0.25) is 4.90 Å². The lowest BCUT2D eigenvalue weighted by Crippen LogP contribution is -2.25. The van der Waals surface area contributed by atoms with Crippen LogP contribution >= 0.6 is 11.3 Å². The van der Waals surface area contributed by atoms with Crippen molar-refractivity contribution >= 4 is 21.2 Å². The summed E-state index contributed by atoms with van der Waals surface area (Å²) >= 11 is 1.67. The van der Waals surface area contributed by atoms with Crippen molar-refractivity contribution in [3.8, 4) is 0 Å². The number of imidazole rings is 1. The number of hydrogen-bond acceptors (Lipinski definition) is 7. The van der Waals surface area contributed by atoms with Crippen molar-refractivity contribution in [2.24, 2.45) is 0 Å². The first-order valence-electron chi connectivity index (χ1n) is 8.46. The van der Waals surface area contributed by atoms with Crippen LogP contribution in [-0.4, -0.2) is 53.9 Å². The Kier molecular flexibility index (Phi) is 5.88. The Labute approximate surface area is 152 Å². The summed E-state index contributed by atoms with van der Waals surface area (Å²) in [7, 11) is -1.75. The molecule has 0 N–H and O–H groups in total. The van der Waals surface area contributed by atoms with E-state index in [2.05, 4.69) is 14.9 Å². The van der Waals surface area contributed by atoms with Gasteiger partial charge in [0.2, 0.25) is 15.0 Å². The van der Waals surface area contributed by atoms with E-state index in [-0.39, 0.29) is 10.9 Å². The van der Waals surface area contributed by atoms with Gasteiger partial charge < -0.3 is 9.30 Å². The molecule has 2 aromatic heterocycles. The first-order chi connectivity index (χ1) is 12.1. The highest BCUT2D eigenvalue weighted by Gasteiger charge is 2.30. The summed E-state index contributed by atoms with van der Waals surface area (Å²) < 4.78 is 31.6. The van der Waals surface area contributed by atoms with Gasteiger partial charge in [-0.25, -0.2) is 18.4 Å². The first-order valence-corrected chi connectivity index (χ1v) is 11.0. The molecule has 3 rings (SSSR count). The summed E-state index contributed by atoms with van der Waals surface area (Å²) in [5.74, 6) is 0.0435. The summed E-state index contributed by atoms with van der Waals surface area (Å²) in [6.45, 7) is 4.22. The standard InChI is InChI=1S/C16H24N4O3S2/c1-3-25(21,22)16-18-11-13(20(16)8-9-23-2)12-19-7-4-5-14(19)15-17-6-10-24-15/h6,10-11,14H,3-5,7-9,12H2,1-2H3/t14-/m0/s1. The zero-order chi connectivity index (χ0) is 17.9. The van der Waals surface area contributed by atoms with Crippen LogP contribution in [0.3, 0.4) is 0 Å². The molecule has 2 aromatic rings. The van der Waals surface area contributed by atoms with Crippen LogP contribution in [0.2, 0.25) is 0 Å². The molecule has 0 bridgehead atoms. The molecule has 7 nitrogen and oxygen atoms in total. The molecule has 1 atom stereocenters. The third kappa shape index (κ3) is 3.94. The zero-order valence-corrected chi connectivity index (χ0v) is 16.2. The molecular formula is C16H24N4O3S2. The number of likely N-dealkylation sites (tertiary alicyclic amines) is 1. The fraction of sp³-hybridized carbons (Fsp3) is 0.625. The lowest BCUT2D eigenvalue weighted by molar-refractivity contribution is 0.180. The second kappa shape index (κ2) is 7.94. The average molecular weight is 385 g/mol. The lowest BCUT2D eigenvalue weighted by Gasteiger charge is -2.23. The van der Waals surface area contributed by atoms with Crippen LogP contribution < -0.4 is 0 Å². The average Bonchev–Trinajstić information content (AvgIpc) is 3.34. The summed E-state index contributed by atoms with van der Waals surface area (Å²) in [6, 6.07) is 0.303. The second-order valence-corrected chi connectivity index (χ2v) is 9.18. The lowest BCUT2D eigenvalue weighted by atomic mass is 10.2. The van der Waals surface area contributed by atoms with E-state index in [0.717, 1.165) is 30.1 Å². The minimum absolute atomic E-state index is 0.0435. The van der Waals surface area contributed by atoms with E-state index >= 15 is 0 Å². The molecule has 9 heteroatoms. The van der Waals surface area contributed by atoms with E-state index in [4.69, 9.17) is 4.74 Å². The summed E-state index contributed by atoms with van der Waals surface area (Å²) in [5, 5.41) is 3.27. The van der Waals surface area contributed by atoms with Gasteiger partial charge in [0.15, 0.2) is 0 Å². The maximum absolute atomic E-state index is 12.3. The van der Waals surface area contributed by atoms with Crippen molar-refractivity contribution in [3.63, 3.8) is 0 Å². The van der Waals surface area contributed by atoms with Crippen LogP contribution in [0, 0.1) is 0 Å². The Morgan fingerprint density at radius 2 is 2.24 bits per heavy atom. The highest BCUT2D eigenvalue weighted by molar-refractivity contribution is 7.91. The van der Waals surface area contributed by atoms with Crippen LogP contribution in [0.5, 0.6) is 0 Å². The predicted molar refractivity (Wildman–Crippen MR) is 96.3 cm³/mol. The van der Waals surface area contributed by atoms with E-state index < -0.39 is 9.84 Å². The molecule has 0 saturated carbocycles. The number of methoxy groups -OCH3 is 1. The first kappa shape index (κ1) is 18.5. The maximum Gasteiger partial charge on any atom is 0.227 e. The topological polar surface area (TPSA) is 77.3 Å². The third-order valence-corrected chi connectivity index (χ3v) is 7.06. The van der Waals surface area contributed by atoms with Crippen molar-refractivity contribution in [2.75, 3.05) is 26.0 Å². The number of thiazole rings is 1. The number of ether oxygens (including phenoxy) is 1. The molecule has 0 amide bonds. The molecule has 0 spiro atoms. The Bertz CT molecular complexity index is 786. The van der Waals surface area contributed by atoms with Crippen LogP contribution in [0.4, 0.5) is 0 Å². The molecule has 0 aromatic carbocycles. The minimum atomic E-state index is -3.36. The summed E-state index contributed by atoms with van der Waals surface area (Å²) in [4.78, 5) is 11.0. The molecule has 3 heterocycles. The van der Waals surface area contributed by atoms with Crippen LogP contribution in [0.25, 0.3) is 0 Å². The molecule has 0 radical (unpaired) electrons. The van der Waals surface area contributed by atoms with Gasteiger partial charge in [0, 0.05) is 31.8 Å². The minimum Gasteiger partial charge on any atom is -0.383 e. The monoisotopic (exact) mass is 384 g/mol. The van der Waals surface area contributed by atoms with Gasteiger partial charge in [0.1, 0.15) is 5.01 Å². The molecule has 1 fully saturated rings. The molecule has 0 unspecified atom stereocenters. The van der Waals surface area contributed by atoms with Crippen molar-refractivity contribution in [1.82, 2.24) is 19.4 Å². The molecule has 1 aliphatic rings. The van der Waals surface area contributed by atoms with Crippen molar-refractivity contribution in [3.05, 3.63) is 28.5 Å². The van der Waals surface area contributed by atoms with Crippen molar-refractivity contribution in [2.45, 2.75) is 44.1 Å². The van der Waals surface area contributed by atoms with E-state index in [1.54, 1.807) is 36.1 Å². The van der Waals surface area contributed by atoms with E-state index in [0.29, 0.717) is 25.7 Å². The van der Waals surface area contributed by atoms with Gasteiger partial charge in [-0.15, -0.1) is 11.3 Å². The summed E-state index contributed by atoms with van der Waals surface area (Å²) in [6.07, 6.45) is 5.73. The van der Waals surface area contributed by atoms with E-state index in [1.165, 1.54) is 0 Å². The molecule has 1 aliphatic heterocycles. The number of sulfone groups is 1. The third-order valence-electron chi connectivity index (χ3n) is 4.54. The van der Waals surface area contributed by atoms with Crippen LogP contribution in [0.15, 0.2) is 22.9 Å². The second-order valence-electron chi connectivity index (χ2n) is 6.08. The quantitative estimate of drug-likeness (QED) is 0.694. The zero-order valence-electron chi connectivity index (χ0n) is 14.6. The molecule has 0 aliphatic carbocycles. The van der Waals surface area contributed by atoms with Gasteiger partial charge in [-0.2, -0.15) is 0 Å². The number of aromatic nitrogens is 3. The normalized spacial score (nSPS) is 18.9. The smallest absolute Gasteiger partial charge is 0.227 e. The summed E-state index contributed by atoms with van der Waals surface area (Å²) in [5.41, 5.74) is 0.910. The van der Waals surface area contributed by atoms with Gasteiger partial charge in [0.25, 0.3) is 0 Å². The SMILES string of the molecule is CCS(=O)(=O)c1ncc(CN2CCC[C@H]2c2nccs2)n1CCOC. The van der Waals surface area contributed by atoms with E-state index in [9.17, 15) is 8.42 Å². The number of hydrogen-bond donors (Lipinski definition) is 0. The molecule has 25 heavy (non-hydrogen) atoms. The number of nitrogens with zero attached hydrogens (tertiary/aromatic N) is 4. The van der Waals surface area contributed by atoms with Crippen molar-refractivity contribution < 1.29 is 13.2 Å². The molecular weight excluding hydrogens is 360 g/mol. The Morgan fingerprint density at radius 3 is 2.92 bits per heavy atom. The predicted octanol–water partition coefficient (Wildman–Crippen LogP) is 2.12. The number of rotatable bonds is 8. The van der Waals surface area contributed by atoms with Crippen LogP contribution in [-0.2, 0) is 27.7 Å². The molecule has 138 valence electrons. The van der Waals surface area contributed by atoms with Gasteiger partial charge >= 0.3 is 0 Å². The fourth-order valence-corrected chi connectivity index (χ4v) is 5.04. The maximum atomic E-state index is 12.3. The highest BCUT2D eigenvalue weighted by Crippen LogP contribution is 2.34.